The maximum atomic E-state index is 12.1. The molecule has 94 valence electrons. The Balaban J connectivity index is 2.99. The summed E-state index contributed by atoms with van der Waals surface area (Å²) in [6.07, 6.45) is 1.80. The van der Waals surface area contributed by atoms with Crippen LogP contribution in [0.15, 0.2) is 16.7 Å². The molecule has 0 saturated heterocycles. The van der Waals surface area contributed by atoms with Crippen molar-refractivity contribution in [2.24, 2.45) is 0 Å². The maximum absolute atomic E-state index is 12.1. The monoisotopic (exact) mass is 302 g/mol. The molecule has 1 amide bonds. The van der Waals surface area contributed by atoms with Crippen molar-refractivity contribution < 1.29 is 14.7 Å². The van der Waals surface area contributed by atoms with E-state index in [2.05, 4.69) is 15.9 Å². The number of nitrogens with zero attached hydrogens (tertiary/aromatic N) is 2. The quantitative estimate of drug-likeness (QED) is 0.923. The van der Waals surface area contributed by atoms with Gasteiger partial charge in [0.1, 0.15) is 11.7 Å². The molecule has 0 radical (unpaired) electrons. The smallest absolute Gasteiger partial charge is 0.326 e. The molecular formula is C11H15BrN2O3. The lowest BCUT2D eigenvalue weighted by Crippen LogP contribution is -2.40. The minimum atomic E-state index is -1.02. The fourth-order valence-electron chi connectivity index (χ4n) is 1.44. The topological polar surface area (TPSA) is 62.5 Å². The van der Waals surface area contributed by atoms with E-state index < -0.39 is 12.0 Å². The predicted octanol–water partition coefficient (Wildman–Crippen LogP) is 1.82. The Labute approximate surface area is 108 Å². The molecule has 6 heteroatoms. The van der Waals surface area contributed by atoms with Crippen LogP contribution < -0.4 is 0 Å². The number of carboxylic acid groups (broad SMARTS) is 1. The van der Waals surface area contributed by atoms with Gasteiger partial charge in [0.05, 0.1) is 0 Å². The lowest BCUT2D eigenvalue weighted by molar-refractivity contribution is -0.141. The van der Waals surface area contributed by atoms with Crippen molar-refractivity contribution in [3.8, 4) is 0 Å². The van der Waals surface area contributed by atoms with Crippen LogP contribution in [0.1, 0.15) is 24.3 Å². The molecule has 1 N–H and O–H groups in total. The summed E-state index contributed by atoms with van der Waals surface area (Å²) in [7, 11) is 1.49. The molecule has 1 aromatic rings. The van der Waals surface area contributed by atoms with E-state index in [1.54, 1.807) is 16.8 Å². The molecular weight excluding hydrogens is 288 g/mol. The third-order valence-electron chi connectivity index (χ3n) is 2.68. The highest BCUT2D eigenvalue weighted by Crippen LogP contribution is 2.17. The number of rotatable bonds is 4. The summed E-state index contributed by atoms with van der Waals surface area (Å²) < 4.78 is 2.58. The van der Waals surface area contributed by atoms with Crippen LogP contribution in [0.3, 0.4) is 0 Å². The zero-order chi connectivity index (χ0) is 13.2. The number of amides is 1. The number of hydrogen-bond donors (Lipinski definition) is 1. The van der Waals surface area contributed by atoms with Crippen molar-refractivity contribution in [3.63, 3.8) is 0 Å². The fraction of sp³-hybridized carbons (Fsp3) is 0.455. The minimum absolute atomic E-state index is 0.299. The molecule has 0 bridgehead atoms. The molecule has 1 atom stereocenters. The highest BCUT2D eigenvalue weighted by molar-refractivity contribution is 9.10. The number of halogens is 1. The van der Waals surface area contributed by atoms with Gasteiger partial charge in [-0.3, -0.25) is 4.79 Å². The third kappa shape index (κ3) is 2.88. The summed E-state index contributed by atoms with van der Waals surface area (Å²) in [6, 6.07) is 0.846. The highest BCUT2D eigenvalue weighted by atomic mass is 79.9. The van der Waals surface area contributed by atoms with E-state index in [4.69, 9.17) is 5.11 Å². The SMILES string of the molecule is CCn1cc(Br)cc1C(=O)N(C)C(C)C(=O)O. The number of likely N-dealkylation sites (N-methyl/N-ethyl adjacent to an activating group) is 1. The van der Waals surface area contributed by atoms with Gasteiger partial charge in [-0.25, -0.2) is 4.79 Å². The average Bonchev–Trinajstić information content (AvgIpc) is 2.67. The van der Waals surface area contributed by atoms with Gasteiger partial charge in [0.2, 0.25) is 0 Å². The van der Waals surface area contributed by atoms with Gasteiger partial charge >= 0.3 is 5.97 Å². The third-order valence-corrected chi connectivity index (χ3v) is 3.12. The van der Waals surface area contributed by atoms with Crippen molar-refractivity contribution >= 4 is 27.8 Å². The molecule has 1 aromatic heterocycles. The van der Waals surface area contributed by atoms with E-state index in [9.17, 15) is 9.59 Å². The summed E-state index contributed by atoms with van der Waals surface area (Å²) >= 11 is 3.30. The van der Waals surface area contributed by atoms with Gasteiger partial charge in [0.15, 0.2) is 0 Å². The first-order chi connectivity index (χ1) is 7.88. The first-order valence-corrected chi connectivity index (χ1v) is 6.03. The van der Waals surface area contributed by atoms with E-state index >= 15 is 0 Å². The molecule has 1 heterocycles. The second kappa shape index (κ2) is 5.35. The summed E-state index contributed by atoms with van der Waals surface area (Å²) in [6.45, 7) is 4.06. The Bertz CT molecular complexity index is 442. The molecule has 0 aliphatic heterocycles. The van der Waals surface area contributed by atoms with Gasteiger partial charge in [-0.15, -0.1) is 0 Å². The van der Waals surface area contributed by atoms with Gasteiger partial charge < -0.3 is 14.6 Å². The Hall–Kier alpha value is -1.30. The molecule has 17 heavy (non-hydrogen) atoms. The van der Waals surface area contributed by atoms with Gasteiger partial charge in [0.25, 0.3) is 5.91 Å². The lowest BCUT2D eigenvalue weighted by atomic mass is 10.2. The molecule has 1 unspecified atom stereocenters. The summed E-state index contributed by atoms with van der Waals surface area (Å²) in [5, 5.41) is 8.87. The molecule has 0 aromatic carbocycles. The second-order valence-electron chi connectivity index (χ2n) is 3.76. The number of hydrogen-bond acceptors (Lipinski definition) is 2. The summed E-state index contributed by atoms with van der Waals surface area (Å²) in [5.41, 5.74) is 0.481. The van der Waals surface area contributed by atoms with Crippen LogP contribution in [0, 0.1) is 0 Å². The first kappa shape index (κ1) is 13.8. The normalized spacial score (nSPS) is 12.2. The van der Waals surface area contributed by atoms with Crippen molar-refractivity contribution in [2.45, 2.75) is 26.4 Å². The van der Waals surface area contributed by atoms with Crippen molar-refractivity contribution in [1.29, 1.82) is 0 Å². The van der Waals surface area contributed by atoms with Crippen LogP contribution in [-0.2, 0) is 11.3 Å². The van der Waals surface area contributed by atoms with E-state index in [1.165, 1.54) is 18.9 Å². The van der Waals surface area contributed by atoms with E-state index in [0.717, 1.165) is 4.47 Å². The summed E-state index contributed by atoms with van der Waals surface area (Å²) in [4.78, 5) is 24.1. The van der Waals surface area contributed by atoms with Crippen molar-refractivity contribution in [2.75, 3.05) is 7.05 Å². The molecule has 0 fully saturated rings. The van der Waals surface area contributed by atoms with Crippen LogP contribution in [0.2, 0.25) is 0 Å². The largest absolute Gasteiger partial charge is 0.480 e. The number of carbonyl (C=O) groups excluding carboxylic acids is 1. The van der Waals surface area contributed by atoms with Gasteiger partial charge in [-0.1, -0.05) is 0 Å². The number of carbonyl (C=O) groups is 2. The number of aliphatic carboxylic acids is 1. The molecule has 1 rings (SSSR count). The Morgan fingerprint density at radius 3 is 2.65 bits per heavy atom. The van der Waals surface area contributed by atoms with Crippen LogP contribution in [-0.4, -0.2) is 39.5 Å². The average molecular weight is 303 g/mol. The van der Waals surface area contributed by atoms with Crippen molar-refractivity contribution in [3.05, 3.63) is 22.4 Å². The molecule has 5 nitrogen and oxygen atoms in total. The van der Waals surface area contributed by atoms with E-state index in [1.807, 2.05) is 6.92 Å². The molecule has 0 aliphatic carbocycles. The maximum Gasteiger partial charge on any atom is 0.326 e. The van der Waals surface area contributed by atoms with Crippen LogP contribution in [0.4, 0.5) is 0 Å². The molecule has 0 saturated carbocycles. The fourth-order valence-corrected chi connectivity index (χ4v) is 1.90. The zero-order valence-corrected chi connectivity index (χ0v) is 11.6. The van der Waals surface area contributed by atoms with Gasteiger partial charge in [0, 0.05) is 24.3 Å². The van der Waals surface area contributed by atoms with E-state index in [0.29, 0.717) is 12.2 Å². The van der Waals surface area contributed by atoms with Gasteiger partial charge in [-0.2, -0.15) is 0 Å². The molecule has 0 aliphatic rings. The highest BCUT2D eigenvalue weighted by Gasteiger charge is 2.24. The predicted molar refractivity (Wildman–Crippen MR) is 67.0 cm³/mol. The van der Waals surface area contributed by atoms with Crippen molar-refractivity contribution in [1.82, 2.24) is 9.47 Å². The number of aryl methyl sites for hydroxylation is 1. The second-order valence-corrected chi connectivity index (χ2v) is 4.68. The standard InChI is InChI=1S/C11H15BrN2O3/c1-4-14-6-8(12)5-9(14)10(15)13(3)7(2)11(16)17/h5-7H,4H2,1-3H3,(H,16,17). The Morgan fingerprint density at radius 2 is 2.18 bits per heavy atom. The Morgan fingerprint density at radius 1 is 1.59 bits per heavy atom. The number of carboxylic acids is 1. The minimum Gasteiger partial charge on any atom is -0.480 e. The summed E-state index contributed by atoms with van der Waals surface area (Å²) in [5.74, 6) is -1.32. The number of aromatic nitrogens is 1. The van der Waals surface area contributed by atoms with Gasteiger partial charge in [-0.05, 0) is 35.8 Å². The zero-order valence-electron chi connectivity index (χ0n) is 9.98. The van der Waals surface area contributed by atoms with Crippen LogP contribution >= 0.6 is 15.9 Å². The lowest BCUT2D eigenvalue weighted by Gasteiger charge is -2.21. The Kier molecular flexibility index (Phi) is 4.34. The molecule has 0 spiro atoms. The van der Waals surface area contributed by atoms with Crippen LogP contribution in [0.5, 0.6) is 0 Å². The van der Waals surface area contributed by atoms with Crippen LogP contribution in [0.25, 0.3) is 0 Å². The van der Waals surface area contributed by atoms with E-state index in [-0.39, 0.29) is 5.91 Å². The first-order valence-electron chi connectivity index (χ1n) is 5.24.